The maximum atomic E-state index is 12.2. The molecular formula is C22H28N3O4+. The Labute approximate surface area is 171 Å². The second kappa shape index (κ2) is 10.6. The SMILES string of the molecule is COc1ccccc1OCC(=O)N/N=C(/C)[C@H](c1ccccc1)[NH+]1CCOCC1. The Hall–Kier alpha value is -2.90. The summed E-state index contributed by atoms with van der Waals surface area (Å²) in [6, 6.07) is 17.5. The Morgan fingerprint density at radius 2 is 1.76 bits per heavy atom. The van der Waals surface area contributed by atoms with E-state index in [1.807, 2.05) is 37.3 Å². The smallest absolute Gasteiger partial charge is 0.277 e. The number of hydrogen-bond donors (Lipinski definition) is 2. The fourth-order valence-electron chi connectivity index (χ4n) is 3.47. The van der Waals surface area contributed by atoms with Gasteiger partial charge in [0, 0.05) is 5.56 Å². The van der Waals surface area contributed by atoms with Gasteiger partial charge in [-0.15, -0.1) is 0 Å². The van der Waals surface area contributed by atoms with Crippen LogP contribution >= 0.6 is 0 Å². The molecule has 2 aromatic rings. The summed E-state index contributed by atoms with van der Waals surface area (Å²) in [7, 11) is 1.56. The number of carbonyl (C=O) groups excluding carboxylic acids is 1. The minimum absolute atomic E-state index is 0.0653. The molecule has 0 aromatic heterocycles. The number of methoxy groups -OCH3 is 1. The van der Waals surface area contributed by atoms with E-state index in [4.69, 9.17) is 14.2 Å². The molecule has 3 rings (SSSR count). The van der Waals surface area contributed by atoms with Gasteiger partial charge in [-0.25, -0.2) is 5.43 Å². The number of benzene rings is 2. The molecule has 2 aromatic carbocycles. The fourth-order valence-corrected chi connectivity index (χ4v) is 3.47. The molecule has 1 fully saturated rings. The van der Waals surface area contributed by atoms with E-state index >= 15 is 0 Å². The molecule has 0 bridgehead atoms. The van der Waals surface area contributed by atoms with Crippen molar-refractivity contribution in [2.45, 2.75) is 13.0 Å². The molecule has 7 heteroatoms. The monoisotopic (exact) mass is 398 g/mol. The molecule has 154 valence electrons. The average Bonchev–Trinajstić information content (AvgIpc) is 2.78. The first kappa shape index (κ1) is 20.8. The van der Waals surface area contributed by atoms with Crippen LogP contribution in [0.3, 0.4) is 0 Å². The molecule has 29 heavy (non-hydrogen) atoms. The molecule has 1 aliphatic heterocycles. The number of hydrazone groups is 1. The standard InChI is InChI=1S/C22H27N3O4/c1-17(22(18-8-4-3-5-9-18)25-12-14-28-15-13-25)23-24-21(26)16-29-20-11-7-6-10-19(20)27-2/h3-11,22H,12-16H2,1-2H3,(H,24,26)/p+1/b23-17-/t22-/m1/s1. The quantitative estimate of drug-likeness (QED) is 0.518. The van der Waals surface area contributed by atoms with E-state index in [1.165, 1.54) is 10.5 Å². The van der Waals surface area contributed by atoms with Gasteiger partial charge in [-0.05, 0) is 19.1 Å². The second-order valence-corrected chi connectivity index (χ2v) is 6.84. The highest BCUT2D eigenvalue weighted by atomic mass is 16.5. The van der Waals surface area contributed by atoms with Gasteiger partial charge in [-0.2, -0.15) is 5.10 Å². The lowest BCUT2D eigenvalue weighted by Crippen LogP contribution is -3.15. The van der Waals surface area contributed by atoms with E-state index in [0.29, 0.717) is 11.5 Å². The van der Waals surface area contributed by atoms with Crippen LogP contribution in [0.4, 0.5) is 0 Å². The highest BCUT2D eigenvalue weighted by Gasteiger charge is 2.29. The van der Waals surface area contributed by atoms with Gasteiger partial charge in [-0.1, -0.05) is 42.5 Å². The molecule has 0 spiro atoms. The zero-order chi connectivity index (χ0) is 20.5. The summed E-state index contributed by atoms with van der Waals surface area (Å²) in [4.78, 5) is 13.6. The van der Waals surface area contributed by atoms with Crippen molar-refractivity contribution in [3.05, 3.63) is 60.2 Å². The van der Waals surface area contributed by atoms with Crippen molar-refractivity contribution in [2.75, 3.05) is 40.0 Å². The maximum Gasteiger partial charge on any atom is 0.277 e. The summed E-state index contributed by atoms with van der Waals surface area (Å²) in [5, 5.41) is 4.38. The number of quaternary nitrogens is 1. The van der Waals surface area contributed by atoms with Crippen LogP contribution in [0.2, 0.25) is 0 Å². The topological polar surface area (TPSA) is 73.6 Å². The van der Waals surface area contributed by atoms with Gasteiger partial charge in [0.2, 0.25) is 0 Å². The van der Waals surface area contributed by atoms with Crippen LogP contribution in [0.5, 0.6) is 11.5 Å². The molecule has 0 saturated carbocycles. The lowest BCUT2D eigenvalue weighted by molar-refractivity contribution is -0.928. The predicted molar refractivity (Wildman–Crippen MR) is 110 cm³/mol. The lowest BCUT2D eigenvalue weighted by atomic mass is 10.0. The summed E-state index contributed by atoms with van der Waals surface area (Å²) in [5.74, 6) is 0.782. The van der Waals surface area contributed by atoms with Crippen molar-refractivity contribution in [2.24, 2.45) is 5.10 Å². The van der Waals surface area contributed by atoms with Crippen LogP contribution in [0, 0.1) is 0 Å². The van der Waals surface area contributed by atoms with Gasteiger partial charge in [0.25, 0.3) is 5.91 Å². The minimum atomic E-state index is -0.320. The Balaban J connectivity index is 1.64. The van der Waals surface area contributed by atoms with Crippen molar-refractivity contribution < 1.29 is 23.9 Å². The third-order valence-electron chi connectivity index (χ3n) is 4.88. The second-order valence-electron chi connectivity index (χ2n) is 6.84. The highest BCUT2D eigenvalue weighted by Crippen LogP contribution is 2.25. The summed E-state index contributed by atoms with van der Waals surface area (Å²) in [6.07, 6.45) is 0. The number of morpholine rings is 1. The molecule has 1 heterocycles. The van der Waals surface area contributed by atoms with Crippen molar-refractivity contribution >= 4 is 11.6 Å². The summed E-state index contributed by atoms with van der Waals surface area (Å²) >= 11 is 0. The van der Waals surface area contributed by atoms with E-state index < -0.39 is 0 Å². The first-order valence-electron chi connectivity index (χ1n) is 9.75. The van der Waals surface area contributed by atoms with Crippen LogP contribution in [-0.2, 0) is 9.53 Å². The van der Waals surface area contributed by atoms with Crippen LogP contribution in [0.25, 0.3) is 0 Å². The first-order valence-corrected chi connectivity index (χ1v) is 9.75. The largest absolute Gasteiger partial charge is 0.493 e. The zero-order valence-corrected chi connectivity index (χ0v) is 16.9. The number of ether oxygens (including phenoxy) is 3. The molecule has 1 aliphatic rings. The number of nitrogens with zero attached hydrogens (tertiary/aromatic N) is 1. The van der Waals surface area contributed by atoms with Crippen molar-refractivity contribution in [3.8, 4) is 11.5 Å². The molecule has 1 amide bonds. The third-order valence-corrected chi connectivity index (χ3v) is 4.88. The number of amides is 1. The van der Waals surface area contributed by atoms with Crippen LogP contribution < -0.4 is 19.8 Å². The third kappa shape index (κ3) is 5.79. The van der Waals surface area contributed by atoms with E-state index in [9.17, 15) is 4.79 Å². The highest BCUT2D eigenvalue weighted by molar-refractivity contribution is 5.88. The van der Waals surface area contributed by atoms with Gasteiger partial charge in [-0.3, -0.25) is 4.79 Å². The molecule has 2 N–H and O–H groups in total. The molecule has 1 atom stereocenters. The Morgan fingerprint density at radius 1 is 1.10 bits per heavy atom. The van der Waals surface area contributed by atoms with E-state index in [2.05, 4.69) is 22.7 Å². The average molecular weight is 398 g/mol. The van der Waals surface area contributed by atoms with E-state index in [1.54, 1.807) is 19.2 Å². The van der Waals surface area contributed by atoms with E-state index in [-0.39, 0.29) is 18.6 Å². The lowest BCUT2D eigenvalue weighted by Gasteiger charge is -2.31. The maximum absolute atomic E-state index is 12.2. The number of nitrogens with one attached hydrogen (secondary N) is 2. The number of rotatable bonds is 8. The Bertz CT molecular complexity index is 820. The van der Waals surface area contributed by atoms with Gasteiger partial charge in [0.1, 0.15) is 13.1 Å². The first-order chi connectivity index (χ1) is 14.2. The molecule has 0 unspecified atom stereocenters. The van der Waals surface area contributed by atoms with Crippen molar-refractivity contribution in [1.29, 1.82) is 0 Å². The number of hydrogen-bond acceptors (Lipinski definition) is 5. The number of para-hydroxylation sites is 2. The Kier molecular flexibility index (Phi) is 7.61. The molecule has 0 radical (unpaired) electrons. The van der Waals surface area contributed by atoms with Crippen LogP contribution in [-0.4, -0.2) is 51.6 Å². The zero-order valence-electron chi connectivity index (χ0n) is 16.9. The molecular weight excluding hydrogens is 370 g/mol. The van der Waals surface area contributed by atoms with Gasteiger partial charge >= 0.3 is 0 Å². The molecule has 0 aliphatic carbocycles. The molecule has 1 saturated heterocycles. The normalized spacial score (nSPS) is 16.1. The van der Waals surface area contributed by atoms with Gasteiger partial charge in [0.05, 0.1) is 26.0 Å². The fraction of sp³-hybridized carbons (Fsp3) is 0.364. The number of carbonyl (C=O) groups is 1. The van der Waals surface area contributed by atoms with E-state index in [0.717, 1.165) is 32.0 Å². The van der Waals surface area contributed by atoms with Crippen molar-refractivity contribution in [1.82, 2.24) is 5.43 Å². The summed E-state index contributed by atoms with van der Waals surface area (Å²) in [6.45, 7) is 5.06. The predicted octanol–water partition coefficient (Wildman–Crippen LogP) is 1.22. The van der Waals surface area contributed by atoms with Crippen LogP contribution in [0.15, 0.2) is 59.7 Å². The van der Waals surface area contributed by atoms with Crippen LogP contribution in [0.1, 0.15) is 18.5 Å². The Morgan fingerprint density at radius 3 is 2.45 bits per heavy atom. The molecule has 7 nitrogen and oxygen atoms in total. The van der Waals surface area contributed by atoms with Gasteiger partial charge in [0.15, 0.2) is 24.1 Å². The summed E-state index contributed by atoms with van der Waals surface area (Å²) < 4.78 is 16.3. The van der Waals surface area contributed by atoms with Gasteiger partial charge < -0.3 is 19.1 Å². The van der Waals surface area contributed by atoms with Crippen molar-refractivity contribution in [3.63, 3.8) is 0 Å². The minimum Gasteiger partial charge on any atom is -0.493 e. The summed E-state index contributed by atoms with van der Waals surface area (Å²) in [5.41, 5.74) is 4.64.